The average Bonchev–Trinajstić information content (AvgIpc) is 3.06. The fourth-order valence-electron chi connectivity index (χ4n) is 1.64. The number of hydrogen-bond acceptors (Lipinski definition) is 7. The van der Waals surface area contributed by atoms with Crippen molar-refractivity contribution in [2.75, 3.05) is 24.2 Å². The third kappa shape index (κ3) is 4.53. The number of sulfonamides is 1. The smallest absolute Gasteiger partial charge is 0.234 e. The summed E-state index contributed by atoms with van der Waals surface area (Å²) in [5.41, 5.74) is 6.05. The van der Waals surface area contributed by atoms with Crippen molar-refractivity contribution >= 4 is 26.5 Å². The number of furan rings is 1. The van der Waals surface area contributed by atoms with Gasteiger partial charge in [-0.15, -0.1) is 11.3 Å². The van der Waals surface area contributed by atoms with Gasteiger partial charge in [-0.25, -0.2) is 13.4 Å². The number of nitrogens with two attached hydrogens (primary N) is 1. The Balaban J connectivity index is 2.02. The Morgan fingerprint density at radius 2 is 2.29 bits per heavy atom. The normalized spacial score (nSPS) is 11.7. The van der Waals surface area contributed by atoms with Gasteiger partial charge in [0.1, 0.15) is 11.5 Å². The molecule has 2 rings (SSSR count). The molecule has 0 saturated carbocycles. The van der Waals surface area contributed by atoms with Crippen LogP contribution in [0.15, 0.2) is 21.9 Å². The molecule has 3 N–H and O–H groups in total. The number of methoxy groups -OCH3 is 1. The highest BCUT2D eigenvalue weighted by molar-refractivity contribution is 7.92. The summed E-state index contributed by atoms with van der Waals surface area (Å²) in [6.07, 6.45) is 0.433. The molecular weight excluding hydrogens is 314 g/mol. The maximum atomic E-state index is 11.8. The molecule has 2 heterocycles. The molecule has 9 heteroatoms. The van der Waals surface area contributed by atoms with Crippen molar-refractivity contribution in [3.63, 3.8) is 0 Å². The van der Waals surface area contributed by atoms with Gasteiger partial charge in [0.2, 0.25) is 10.0 Å². The molecule has 2 aromatic heterocycles. The highest BCUT2D eigenvalue weighted by Crippen LogP contribution is 2.27. The predicted molar refractivity (Wildman–Crippen MR) is 81.6 cm³/mol. The van der Waals surface area contributed by atoms with Crippen molar-refractivity contribution < 1.29 is 17.6 Å². The molecule has 21 heavy (non-hydrogen) atoms. The summed E-state index contributed by atoms with van der Waals surface area (Å²) in [6, 6.07) is 3.53. The van der Waals surface area contributed by atoms with Gasteiger partial charge in [0, 0.05) is 19.1 Å². The first kappa shape index (κ1) is 16.0. The van der Waals surface area contributed by atoms with Crippen LogP contribution in [0.2, 0.25) is 0 Å². The monoisotopic (exact) mass is 331 g/mol. The molecule has 0 atom stereocenters. The van der Waals surface area contributed by atoms with Crippen molar-refractivity contribution in [1.29, 1.82) is 0 Å². The number of rotatable bonds is 8. The Kier molecular flexibility index (Phi) is 5.34. The number of ether oxygens (including phenoxy) is 1. The van der Waals surface area contributed by atoms with E-state index in [9.17, 15) is 8.42 Å². The van der Waals surface area contributed by atoms with Gasteiger partial charge in [-0.3, -0.25) is 4.72 Å². The lowest BCUT2D eigenvalue weighted by atomic mass is 10.3. The summed E-state index contributed by atoms with van der Waals surface area (Å²) in [4.78, 5) is 4.20. The fourth-order valence-corrected chi connectivity index (χ4v) is 3.66. The molecule has 0 aliphatic carbocycles. The van der Waals surface area contributed by atoms with E-state index in [4.69, 9.17) is 14.9 Å². The topological polar surface area (TPSA) is 107 Å². The molecular formula is C12H17N3O4S2. The largest absolute Gasteiger partial charge is 0.458 e. The summed E-state index contributed by atoms with van der Waals surface area (Å²) in [5, 5.41) is 2.04. The van der Waals surface area contributed by atoms with Gasteiger partial charge in [-0.1, -0.05) is 0 Å². The van der Waals surface area contributed by atoms with Crippen molar-refractivity contribution in [3.8, 4) is 11.5 Å². The highest BCUT2D eigenvalue weighted by atomic mass is 32.2. The van der Waals surface area contributed by atoms with Crippen LogP contribution in [0.3, 0.4) is 0 Å². The highest BCUT2D eigenvalue weighted by Gasteiger charge is 2.14. The van der Waals surface area contributed by atoms with Gasteiger partial charge in [-0.2, -0.15) is 0 Å². The van der Waals surface area contributed by atoms with Crippen LogP contribution in [0.4, 0.5) is 5.13 Å². The van der Waals surface area contributed by atoms with E-state index in [1.54, 1.807) is 17.5 Å². The average molecular weight is 331 g/mol. The molecule has 2 aromatic rings. The first-order valence-corrected chi connectivity index (χ1v) is 8.81. The van der Waals surface area contributed by atoms with Gasteiger partial charge in [-0.05, 0) is 18.6 Å². The number of nitrogens with one attached hydrogen (secondary N) is 1. The second kappa shape index (κ2) is 7.03. The SMILES string of the molecule is COCCCS(=O)(=O)Nc1nc(-c2ccc(CN)o2)cs1. The number of aromatic nitrogens is 1. The lowest BCUT2D eigenvalue weighted by Crippen LogP contribution is -2.17. The van der Waals surface area contributed by atoms with Crippen LogP contribution in [0, 0.1) is 0 Å². The minimum Gasteiger partial charge on any atom is -0.458 e. The minimum atomic E-state index is -3.41. The van der Waals surface area contributed by atoms with E-state index in [1.165, 1.54) is 18.4 Å². The lowest BCUT2D eigenvalue weighted by Gasteiger charge is -2.04. The van der Waals surface area contributed by atoms with Crippen LogP contribution >= 0.6 is 11.3 Å². The van der Waals surface area contributed by atoms with Crippen molar-refractivity contribution in [1.82, 2.24) is 4.98 Å². The van der Waals surface area contributed by atoms with Crippen LogP contribution in [0.1, 0.15) is 12.2 Å². The third-order valence-electron chi connectivity index (χ3n) is 2.62. The standard InChI is InChI=1S/C12H17N3O4S2/c1-18-5-2-6-21(16,17)15-12-14-10(8-20-12)11-4-3-9(7-13)19-11/h3-4,8H,2,5-7,13H2,1H3,(H,14,15). The van der Waals surface area contributed by atoms with E-state index in [1.807, 2.05) is 0 Å². The number of nitrogens with zero attached hydrogens (tertiary/aromatic N) is 1. The quantitative estimate of drug-likeness (QED) is 0.712. The first-order chi connectivity index (χ1) is 10.0. The minimum absolute atomic E-state index is 0.00612. The van der Waals surface area contributed by atoms with E-state index in [0.717, 1.165) is 0 Å². The first-order valence-electron chi connectivity index (χ1n) is 6.28. The summed E-state index contributed by atoms with van der Waals surface area (Å²) in [6.45, 7) is 0.710. The summed E-state index contributed by atoms with van der Waals surface area (Å²) in [5.74, 6) is 1.21. The van der Waals surface area contributed by atoms with E-state index in [2.05, 4.69) is 9.71 Å². The van der Waals surface area contributed by atoms with Crippen molar-refractivity contribution in [3.05, 3.63) is 23.3 Å². The second-order valence-electron chi connectivity index (χ2n) is 4.28. The summed E-state index contributed by atoms with van der Waals surface area (Å²) in [7, 11) is -1.87. The second-order valence-corrected chi connectivity index (χ2v) is 6.98. The number of thiazole rings is 1. The maximum Gasteiger partial charge on any atom is 0.234 e. The van der Waals surface area contributed by atoms with Crippen LogP contribution in [0.5, 0.6) is 0 Å². The van der Waals surface area contributed by atoms with Crippen LogP contribution in [0.25, 0.3) is 11.5 Å². The predicted octanol–water partition coefficient (Wildman–Crippen LogP) is 1.64. The Morgan fingerprint density at radius 3 is 2.95 bits per heavy atom. The van der Waals surface area contributed by atoms with Crippen LogP contribution in [-0.4, -0.2) is 32.9 Å². The molecule has 0 fully saturated rings. The Labute approximate surface area is 127 Å². The number of anilines is 1. The molecule has 0 aliphatic heterocycles. The Hall–Kier alpha value is -1.42. The molecule has 116 valence electrons. The zero-order chi connectivity index (χ0) is 15.3. The Bertz CT molecular complexity index is 678. The van der Waals surface area contributed by atoms with Crippen LogP contribution < -0.4 is 10.5 Å². The van der Waals surface area contributed by atoms with Gasteiger partial charge in [0.25, 0.3) is 0 Å². The molecule has 7 nitrogen and oxygen atoms in total. The van der Waals surface area contributed by atoms with Gasteiger partial charge in [0.05, 0.1) is 12.3 Å². The molecule has 0 aromatic carbocycles. The lowest BCUT2D eigenvalue weighted by molar-refractivity contribution is 0.199. The van der Waals surface area contributed by atoms with E-state index < -0.39 is 10.0 Å². The zero-order valence-electron chi connectivity index (χ0n) is 11.5. The van der Waals surface area contributed by atoms with E-state index in [-0.39, 0.29) is 5.75 Å². The van der Waals surface area contributed by atoms with Crippen LogP contribution in [-0.2, 0) is 21.3 Å². The van der Waals surface area contributed by atoms with E-state index >= 15 is 0 Å². The molecule has 0 unspecified atom stereocenters. The zero-order valence-corrected chi connectivity index (χ0v) is 13.2. The van der Waals surface area contributed by atoms with Gasteiger partial charge >= 0.3 is 0 Å². The Morgan fingerprint density at radius 1 is 1.48 bits per heavy atom. The molecule has 0 spiro atoms. The molecule has 0 amide bonds. The van der Waals surface area contributed by atoms with Crippen molar-refractivity contribution in [2.24, 2.45) is 5.73 Å². The fraction of sp³-hybridized carbons (Fsp3) is 0.417. The van der Waals surface area contributed by atoms with Gasteiger partial charge in [0.15, 0.2) is 10.9 Å². The summed E-state index contributed by atoms with van der Waals surface area (Å²) < 4.78 is 36.4. The van der Waals surface area contributed by atoms with Crippen molar-refractivity contribution in [2.45, 2.75) is 13.0 Å². The molecule has 0 saturated heterocycles. The number of hydrogen-bond donors (Lipinski definition) is 2. The third-order valence-corrected chi connectivity index (χ3v) is 4.84. The van der Waals surface area contributed by atoms with Gasteiger partial charge < -0.3 is 14.9 Å². The molecule has 0 radical (unpaired) electrons. The van der Waals surface area contributed by atoms with E-state index in [0.29, 0.717) is 41.9 Å². The summed E-state index contributed by atoms with van der Waals surface area (Å²) >= 11 is 1.20. The molecule has 0 aliphatic rings. The maximum absolute atomic E-state index is 11.8. The molecule has 0 bridgehead atoms.